The quantitative estimate of drug-likeness (QED) is 0.596. The molecule has 1 aromatic carbocycles. The Morgan fingerprint density at radius 3 is 2.86 bits per heavy atom. The predicted molar refractivity (Wildman–Crippen MR) is 89.0 cm³/mol. The van der Waals surface area contributed by atoms with Crippen molar-refractivity contribution in [1.82, 2.24) is 5.32 Å². The summed E-state index contributed by atoms with van der Waals surface area (Å²) in [7, 11) is 0. The topological polar surface area (TPSA) is 50.7 Å². The summed E-state index contributed by atoms with van der Waals surface area (Å²) >= 11 is 3.45. The van der Waals surface area contributed by atoms with Gasteiger partial charge in [0.1, 0.15) is 18.5 Å². The molecule has 0 saturated carbocycles. The first kappa shape index (κ1) is 18.4. The van der Waals surface area contributed by atoms with Gasteiger partial charge in [-0.15, -0.1) is 0 Å². The van der Waals surface area contributed by atoms with Crippen molar-refractivity contribution in [3.8, 4) is 5.75 Å². The van der Waals surface area contributed by atoms with Crippen LogP contribution < -0.4 is 10.1 Å². The summed E-state index contributed by atoms with van der Waals surface area (Å²) in [5, 5.41) is 13.1. The van der Waals surface area contributed by atoms with Gasteiger partial charge in [0.15, 0.2) is 0 Å². The van der Waals surface area contributed by atoms with Crippen LogP contribution >= 0.6 is 15.9 Å². The number of nitrogens with one attached hydrogen (secondary N) is 1. The number of rotatable bonds is 11. The van der Waals surface area contributed by atoms with Gasteiger partial charge in [-0.1, -0.05) is 13.0 Å². The van der Waals surface area contributed by atoms with E-state index in [0.29, 0.717) is 6.54 Å². The maximum Gasteiger partial charge on any atom is 0.133 e. The maximum atomic E-state index is 9.86. The zero-order valence-corrected chi connectivity index (χ0v) is 14.5. The number of ether oxygens (including phenoxy) is 2. The van der Waals surface area contributed by atoms with Crippen LogP contribution in [-0.4, -0.2) is 44.1 Å². The number of hydrogen-bond acceptors (Lipinski definition) is 4. The molecular formula is C16H26BrNO3. The minimum Gasteiger partial charge on any atom is -0.490 e. The lowest BCUT2D eigenvalue weighted by Crippen LogP contribution is -2.32. The summed E-state index contributed by atoms with van der Waals surface area (Å²) in [4.78, 5) is 0. The Morgan fingerprint density at radius 1 is 1.33 bits per heavy atom. The fourth-order valence-corrected chi connectivity index (χ4v) is 2.39. The third-order valence-corrected chi connectivity index (χ3v) is 3.51. The number of halogens is 1. The van der Waals surface area contributed by atoms with Crippen LogP contribution in [0.25, 0.3) is 0 Å². The highest BCUT2D eigenvalue weighted by Crippen LogP contribution is 2.25. The molecule has 0 amide bonds. The highest BCUT2D eigenvalue weighted by molar-refractivity contribution is 9.10. The first-order valence-electron chi connectivity index (χ1n) is 7.49. The molecule has 0 radical (unpaired) electrons. The summed E-state index contributed by atoms with van der Waals surface area (Å²) in [6.07, 6.45) is 1.49. The molecule has 1 rings (SSSR count). The second kappa shape index (κ2) is 11.0. The molecule has 0 saturated heterocycles. The van der Waals surface area contributed by atoms with E-state index in [1.165, 1.54) is 5.56 Å². The van der Waals surface area contributed by atoms with E-state index in [4.69, 9.17) is 9.47 Å². The smallest absolute Gasteiger partial charge is 0.133 e. The Hall–Kier alpha value is -0.620. The second-order valence-electron chi connectivity index (χ2n) is 5.07. The monoisotopic (exact) mass is 359 g/mol. The molecule has 4 nitrogen and oxygen atoms in total. The molecule has 0 aliphatic rings. The van der Waals surface area contributed by atoms with Crippen molar-refractivity contribution in [3.05, 3.63) is 28.2 Å². The zero-order valence-electron chi connectivity index (χ0n) is 12.9. The molecule has 5 heteroatoms. The van der Waals surface area contributed by atoms with Crippen molar-refractivity contribution in [2.45, 2.75) is 32.8 Å². The van der Waals surface area contributed by atoms with Crippen LogP contribution in [0.1, 0.15) is 25.3 Å². The normalized spacial score (nSPS) is 12.4. The van der Waals surface area contributed by atoms with Gasteiger partial charge < -0.3 is 19.9 Å². The van der Waals surface area contributed by atoms with Crippen molar-refractivity contribution in [2.24, 2.45) is 0 Å². The Balaban J connectivity index is 2.09. The van der Waals surface area contributed by atoms with Crippen LogP contribution in [0.4, 0.5) is 0 Å². The van der Waals surface area contributed by atoms with Gasteiger partial charge in [0.25, 0.3) is 0 Å². The lowest BCUT2D eigenvalue weighted by Gasteiger charge is -2.14. The van der Waals surface area contributed by atoms with E-state index in [2.05, 4.69) is 28.2 Å². The fraction of sp³-hybridized carbons (Fsp3) is 0.625. The van der Waals surface area contributed by atoms with Gasteiger partial charge in [-0.2, -0.15) is 0 Å². The summed E-state index contributed by atoms with van der Waals surface area (Å²) in [5.41, 5.74) is 1.17. The third-order valence-electron chi connectivity index (χ3n) is 2.89. The Labute approximate surface area is 136 Å². The molecule has 0 bridgehead atoms. The molecule has 0 aliphatic carbocycles. The lowest BCUT2D eigenvalue weighted by molar-refractivity contribution is 0.103. The van der Waals surface area contributed by atoms with Crippen LogP contribution in [0.3, 0.4) is 0 Å². The van der Waals surface area contributed by atoms with Crippen LogP contribution in [0.5, 0.6) is 5.75 Å². The van der Waals surface area contributed by atoms with Crippen molar-refractivity contribution in [3.63, 3.8) is 0 Å². The molecule has 0 aromatic heterocycles. The highest BCUT2D eigenvalue weighted by Gasteiger charge is 2.07. The molecular weight excluding hydrogens is 334 g/mol. The van der Waals surface area contributed by atoms with E-state index in [9.17, 15) is 5.11 Å². The molecule has 0 heterocycles. The lowest BCUT2D eigenvalue weighted by atomic mass is 10.2. The predicted octanol–water partition coefficient (Wildman–Crippen LogP) is 2.90. The molecule has 1 aromatic rings. The van der Waals surface area contributed by atoms with Crippen molar-refractivity contribution < 1.29 is 14.6 Å². The van der Waals surface area contributed by atoms with Crippen LogP contribution in [0.2, 0.25) is 0 Å². The summed E-state index contributed by atoms with van der Waals surface area (Å²) in [6, 6.07) is 5.89. The minimum absolute atomic E-state index is 0.279. The van der Waals surface area contributed by atoms with Crippen molar-refractivity contribution >= 4 is 15.9 Å². The molecule has 0 fully saturated rings. The van der Waals surface area contributed by atoms with Crippen molar-refractivity contribution in [1.29, 1.82) is 0 Å². The van der Waals surface area contributed by atoms with Gasteiger partial charge in [-0.25, -0.2) is 0 Å². The molecule has 21 heavy (non-hydrogen) atoms. The number of aliphatic hydroxyl groups excluding tert-OH is 1. The molecule has 1 atom stereocenters. The standard InChI is InChI=1S/C16H26BrNO3/c1-3-8-20-9-4-7-18-11-14(19)12-21-16-6-5-13(2)10-15(16)17/h5-6,10,14,18-19H,3-4,7-9,11-12H2,1-2H3. The number of hydrogen-bond donors (Lipinski definition) is 2. The average Bonchev–Trinajstić information content (AvgIpc) is 2.45. The molecule has 0 aliphatic heterocycles. The Kier molecular flexibility index (Phi) is 9.67. The molecule has 1 unspecified atom stereocenters. The maximum absolute atomic E-state index is 9.86. The Morgan fingerprint density at radius 2 is 2.14 bits per heavy atom. The van der Waals surface area contributed by atoms with Gasteiger partial charge in [0, 0.05) is 19.8 Å². The SMILES string of the molecule is CCCOCCCNCC(O)COc1ccc(C)cc1Br. The summed E-state index contributed by atoms with van der Waals surface area (Å²) in [5.74, 6) is 0.757. The van der Waals surface area contributed by atoms with Crippen LogP contribution in [0, 0.1) is 6.92 Å². The van der Waals surface area contributed by atoms with Crippen molar-refractivity contribution in [2.75, 3.05) is 32.9 Å². The molecule has 2 N–H and O–H groups in total. The first-order valence-corrected chi connectivity index (χ1v) is 8.28. The van der Waals surface area contributed by atoms with E-state index < -0.39 is 6.10 Å². The third kappa shape index (κ3) is 8.41. The fourth-order valence-electron chi connectivity index (χ4n) is 1.78. The second-order valence-corrected chi connectivity index (χ2v) is 5.92. The van der Waals surface area contributed by atoms with Gasteiger partial charge in [0.05, 0.1) is 4.47 Å². The van der Waals surface area contributed by atoms with Crippen LogP contribution in [-0.2, 0) is 4.74 Å². The summed E-state index contributed by atoms with van der Waals surface area (Å²) in [6.45, 7) is 7.36. The largest absolute Gasteiger partial charge is 0.490 e. The highest BCUT2D eigenvalue weighted by atomic mass is 79.9. The van der Waals surface area contributed by atoms with Gasteiger partial charge in [-0.3, -0.25) is 0 Å². The number of aryl methyl sites for hydroxylation is 1. The molecule has 0 spiro atoms. The van der Waals surface area contributed by atoms with E-state index in [0.717, 1.165) is 42.8 Å². The van der Waals surface area contributed by atoms with E-state index in [-0.39, 0.29) is 6.61 Å². The van der Waals surface area contributed by atoms with Gasteiger partial charge in [0.2, 0.25) is 0 Å². The van der Waals surface area contributed by atoms with Gasteiger partial charge in [-0.05, 0) is 59.9 Å². The van der Waals surface area contributed by atoms with E-state index in [1.807, 2.05) is 25.1 Å². The Bertz CT molecular complexity index is 401. The number of benzene rings is 1. The summed E-state index contributed by atoms with van der Waals surface area (Å²) < 4.78 is 11.9. The minimum atomic E-state index is -0.519. The average molecular weight is 360 g/mol. The van der Waals surface area contributed by atoms with E-state index >= 15 is 0 Å². The van der Waals surface area contributed by atoms with Gasteiger partial charge >= 0.3 is 0 Å². The number of aliphatic hydroxyl groups is 1. The van der Waals surface area contributed by atoms with Crippen LogP contribution in [0.15, 0.2) is 22.7 Å². The first-order chi connectivity index (χ1) is 10.1. The zero-order chi connectivity index (χ0) is 15.5. The molecule has 120 valence electrons. The van der Waals surface area contributed by atoms with E-state index in [1.54, 1.807) is 0 Å².